The molecule has 0 aromatic heterocycles. The molecule has 1 aliphatic heterocycles. The van der Waals surface area contributed by atoms with Crippen molar-refractivity contribution in [1.29, 1.82) is 0 Å². The van der Waals surface area contributed by atoms with E-state index in [1.54, 1.807) is 0 Å². The third kappa shape index (κ3) is 3.38. The number of hydrogen-bond donors (Lipinski definition) is 0. The molecule has 2 aromatic rings. The predicted octanol–water partition coefficient (Wildman–Crippen LogP) is 5.87. The molecule has 1 heterocycles. The summed E-state index contributed by atoms with van der Waals surface area (Å²) < 4.78 is 12.8. The van der Waals surface area contributed by atoms with Crippen molar-refractivity contribution in [3.63, 3.8) is 0 Å². The number of thioether (sulfide) groups is 1. The van der Waals surface area contributed by atoms with Gasteiger partial charge in [-0.3, -0.25) is 0 Å². The SMILES string of the molecule is CCCCC1COC(C)(c2ccccc2)C1(OC)Sc1ccccc1. The van der Waals surface area contributed by atoms with E-state index in [1.165, 1.54) is 23.3 Å². The molecular formula is C22H28O2S. The zero-order chi connectivity index (χ0) is 17.8. The zero-order valence-corrected chi connectivity index (χ0v) is 16.2. The largest absolute Gasteiger partial charge is 0.366 e. The fourth-order valence-electron chi connectivity index (χ4n) is 3.88. The van der Waals surface area contributed by atoms with Gasteiger partial charge in [0.25, 0.3) is 0 Å². The second kappa shape index (κ2) is 7.94. The van der Waals surface area contributed by atoms with E-state index in [-0.39, 0.29) is 0 Å². The first-order chi connectivity index (χ1) is 12.2. The van der Waals surface area contributed by atoms with Gasteiger partial charge in [0.2, 0.25) is 0 Å². The minimum absolute atomic E-state index is 0.355. The van der Waals surface area contributed by atoms with Gasteiger partial charge in [-0.2, -0.15) is 0 Å². The Kier molecular flexibility index (Phi) is 5.88. The van der Waals surface area contributed by atoms with E-state index < -0.39 is 10.5 Å². The topological polar surface area (TPSA) is 18.5 Å². The first kappa shape index (κ1) is 18.5. The molecule has 0 amide bonds. The molecule has 2 aromatic carbocycles. The standard InChI is InChI=1S/C22H28O2S/c1-4-5-12-19-17-24-21(2,18-13-8-6-9-14-18)22(19,23-3)25-20-15-10-7-11-16-20/h6-11,13-16,19H,4-5,12,17H2,1-3H3. The van der Waals surface area contributed by atoms with E-state index in [0.29, 0.717) is 5.92 Å². The lowest BCUT2D eigenvalue weighted by molar-refractivity contribution is -0.0897. The Morgan fingerprint density at radius 2 is 1.72 bits per heavy atom. The van der Waals surface area contributed by atoms with Gasteiger partial charge in [-0.15, -0.1) is 0 Å². The molecule has 1 aliphatic rings. The van der Waals surface area contributed by atoms with Crippen molar-refractivity contribution in [3.8, 4) is 0 Å². The van der Waals surface area contributed by atoms with Gasteiger partial charge >= 0.3 is 0 Å². The maximum absolute atomic E-state index is 6.47. The Bertz CT molecular complexity index is 660. The van der Waals surface area contributed by atoms with Crippen molar-refractivity contribution in [3.05, 3.63) is 66.2 Å². The highest BCUT2D eigenvalue weighted by molar-refractivity contribution is 8.00. The predicted molar refractivity (Wildman–Crippen MR) is 105 cm³/mol. The number of unbranched alkanes of at least 4 members (excludes halogenated alkanes) is 1. The van der Waals surface area contributed by atoms with Crippen molar-refractivity contribution in [1.82, 2.24) is 0 Å². The lowest BCUT2D eigenvalue weighted by Crippen LogP contribution is -2.49. The Hall–Kier alpha value is -1.29. The molecule has 0 spiro atoms. The number of methoxy groups -OCH3 is 1. The van der Waals surface area contributed by atoms with Crippen LogP contribution in [0.4, 0.5) is 0 Å². The molecular weight excluding hydrogens is 328 g/mol. The molecule has 3 heteroatoms. The highest BCUT2D eigenvalue weighted by Crippen LogP contribution is 2.58. The molecule has 3 atom stereocenters. The Morgan fingerprint density at radius 3 is 2.32 bits per heavy atom. The highest BCUT2D eigenvalue weighted by atomic mass is 32.2. The summed E-state index contributed by atoms with van der Waals surface area (Å²) in [5.41, 5.74) is 0.696. The smallest absolute Gasteiger partial charge is 0.155 e. The molecule has 0 aliphatic carbocycles. The van der Waals surface area contributed by atoms with E-state index in [2.05, 4.69) is 74.5 Å². The summed E-state index contributed by atoms with van der Waals surface area (Å²) >= 11 is 1.81. The number of rotatable bonds is 7. The third-order valence-electron chi connectivity index (χ3n) is 5.32. The van der Waals surface area contributed by atoms with Crippen LogP contribution < -0.4 is 0 Å². The molecule has 0 N–H and O–H groups in total. The van der Waals surface area contributed by atoms with Crippen molar-refractivity contribution >= 4 is 11.8 Å². The Labute approximate surface area is 155 Å². The molecule has 3 unspecified atom stereocenters. The monoisotopic (exact) mass is 356 g/mol. The summed E-state index contributed by atoms with van der Waals surface area (Å²) in [7, 11) is 1.84. The van der Waals surface area contributed by atoms with Crippen LogP contribution in [0.2, 0.25) is 0 Å². The van der Waals surface area contributed by atoms with Crippen molar-refractivity contribution in [2.24, 2.45) is 5.92 Å². The normalized spacial score (nSPS) is 29.0. The number of benzene rings is 2. The van der Waals surface area contributed by atoms with Gasteiger partial charge in [-0.25, -0.2) is 0 Å². The summed E-state index contributed by atoms with van der Waals surface area (Å²) in [6, 6.07) is 21.1. The molecule has 1 fully saturated rings. The minimum Gasteiger partial charge on any atom is -0.366 e. The Morgan fingerprint density at radius 1 is 1.08 bits per heavy atom. The molecule has 2 nitrogen and oxygen atoms in total. The second-order valence-electron chi connectivity index (χ2n) is 6.84. The number of ether oxygens (including phenoxy) is 2. The van der Waals surface area contributed by atoms with Gasteiger partial charge in [0.15, 0.2) is 4.93 Å². The van der Waals surface area contributed by atoms with Gasteiger partial charge in [0.05, 0.1) is 6.61 Å². The first-order valence-corrected chi connectivity index (χ1v) is 9.96. The lowest BCUT2D eigenvalue weighted by Gasteiger charge is -2.44. The van der Waals surface area contributed by atoms with Gasteiger partial charge in [0.1, 0.15) is 5.60 Å². The lowest BCUT2D eigenvalue weighted by atomic mass is 9.83. The minimum atomic E-state index is -0.484. The van der Waals surface area contributed by atoms with E-state index in [0.717, 1.165) is 13.0 Å². The quantitative estimate of drug-likeness (QED) is 0.578. The molecule has 134 valence electrons. The van der Waals surface area contributed by atoms with Crippen LogP contribution in [0.5, 0.6) is 0 Å². The van der Waals surface area contributed by atoms with Crippen LogP contribution in [0.15, 0.2) is 65.6 Å². The summed E-state index contributed by atoms with van der Waals surface area (Å²) in [6.07, 6.45) is 3.50. The average Bonchev–Trinajstić information content (AvgIpc) is 2.95. The van der Waals surface area contributed by atoms with Crippen molar-refractivity contribution in [2.75, 3.05) is 13.7 Å². The summed E-state index contributed by atoms with van der Waals surface area (Å²) in [6.45, 7) is 5.16. The summed E-state index contributed by atoms with van der Waals surface area (Å²) in [4.78, 5) is 0.781. The van der Waals surface area contributed by atoms with Crippen molar-refractivity contribution in [2.45, 2.75) is 48.5 Å². The van der Waals surface area contributed by atoms with Crippen LogP contribution in [0.3, 0.4) is 0 Å². The van der Waals surface area contributed by atoms with Gasteiger partial charge < -0.3 is 9.47 Å². The van der Waals surface area contributed by atoms with E-state index in [1.807, 2.05) is 18.9 Å². The van der Waals surface area contributed by atoms with Crippen LogP contribution in [-0.2, 0) is 15.1 Å². The molecule has 0 radical (unpaired) electrons. The van der Waals surface area contributed by atoms with Gasteiger partial charge in [-0.05, 0) is 31.0 Å². The highest BCUT2D eigenvalue weighted by Gasteiger charge is 2.61. The Balaban J connectivity index is 2.04. The molecule has 25 heavy (non-hydrogen) atoms. The van der Waals surface area contributed by atoms with Crippen molar-refractivity contribution < 1.29 is 9.47 Å². The van der Waals surface area contributed by atoms with Crippen LogP contribution in [0.25, 0.3) is 0 Å². The van der Waals surface area contributed by atoms with Crippen LogP contribution in [0, 0.1) is 5.92 Å². The molecule has 0 bridgehead atoms. The maximum atomic E-state index is 6.47. The molecule has 3 rings (SSSR count). The number of hydrogen-bond acceptors (Lipinski definition) is 3. The fraction of sp³-hybridized carbons (Fsp3) is 0.455. The second-order valence-corrected chi connectivity index (χ2v) is 8.12. The van der Waals surface area contributed by atoms with Crippen LogP contribution >= 0.6 is 11.8 Å². The van der Waals surface area contributed by atoms with Crippen LogP contribution in [-0.4, -0.2) is 18.6 Å². The fourth-order valence-corrected chi connectivity index (χ4v) is 5.33. The molecule has 0 saturated carbocycles. The zero-order valence-electron chi connectivity index (χ0n) is 15.4. The van der Waals surface area contributed by atoms with Gasteiger partial charge in [0, 0.05) is 17.9 Å². The maximum Gasteiger partial charge on any atom is 0.155 e. The first-order valence-electron chi connectivity index (χ1n) is 9.15. The van der Waals surface area contributed by atoms with E-state index >= 15 is 0 Å². The average molecular weight is 357 g/mol. The van der Waals surface area contributed by atoms with Gasteiger partial charge in [-0.1, -0.05) is 80.1 Å². The summed E-state index contributed by atoms with van der Waals surface area (Å²) in [5, 5.41) is 0. The van der Waals surface area contributed by atoms with Crippen LogP contribution in [0.1, 0.15) is 38.7 Å². The van der Waals surface area contributed by atoms with E-state index in [9.17, 15) is 0 Å². The molecule has 1 saturated heterocycles. The van der Waals surface area contributed by atoms with E-state index in [4.69, 9.17) is 9.47 Å². The third-order valence-corrected chi connectivity index (χ3v) is 7.02. The summed E-state index contributed by atoms with van der Waals surface area (Å²) in [5.74, 6) is 0.355.